The highest BCUT2D eigenvalue weighted by Gasteiger charge is 2.37. The van der Waals surface area contributed by atoms with Crippen molar-refractivity contribution in [3.05, 3.63) is 52.0 Å². The van der Waals surface area contributed by atoms with Crippen molar-refractivity contribution in [2.24, 2.45) is 5.41 Å². The zero-order chi connectivity index (χ0) is 16.8. The lowest BCUT2D eigenvalue weighted by Crippen LogP contribution is -2.32. The predicted octanol–water partition coefficient (Wildman–Crippen LogP) is 4.31. The van der Waals surface area contributed by atoms with Gasteiger partial charge >= 0.3 is 0 Å². The van der Waals surface area contributed by atoms with Gasteiger partial charge in [0.25, 0.3) is 0 Å². The van der Waals surface area contributed by atoms with Crippen molar-refractivity contribution < 1.29 is 4.74 Å². The average Bonchev–Trinajstić information content (AvgIpc) is 3.24. The van der Waals surface area contributed by atoms with E-state index in [9.17, 15) is 0 Å². The molecule has 1 aliphatic rings. The molecule has 0 amide bonds. The number of likely N-dealkylation sites (tertiary alicyclic amines) is 1. The quantitative estimate of drug-likeness (QED) is 0.713. The first-order chi connectivity index (χ1) is 11.7. The molecule has 1 saturated heterocycles. The van der Waals surface area contributed by atoms with Crippen LogP contribution in [0, 0.1) is 12.3 Å². The first-order valence-corrected chi connectivity index (χ1v) is 9.81. The van der Waals surface area contributed by atoms with Gasteiger partial charge in [0.1, 0.15) is 0 Å². The van der Waals surface area contributed by atoms with Gasteiger partial charge in [0.15, 0.2) is 0 Å². The summed E-state index contributed by atoms with van der Waals surface area (Å²) in [4.78, 5) is 8.49. The van der Waals surface area contributed by atoms with Crippen LogP contribution >= 0.6 is 11.3 Å². The molecule has 0 saturated carbocycles. The maximum absolute atomic E-state index is 5.87. The fourth-order valence-electron chi connectivity index (χ4n) is 3.57. The molecule has 1 atom stereocenters. The first-order valence-electron chi connectivity index (χ1n) is 8.93. The van der Waals surface area contributed by atoms with E-state index in [4.69, 9.17) is 4.74 Å². The van der Waals surface area contributed by atoms with Crippen LogP contribution in [-0.2, 0) is 17.7 Å². The minimum absolute atomic E-state index is 0.304. The summed E-state index contributed by atoms with van der Waals surface area (Å²) in [5.41, 5.74) is 2.70. The molecule has 0 radical (unpaired) electrons. The van der Waals surface area contributed by atoms with Gasteiger partial charge < -0.3 is 4.74 Å². The Labute approximate surface area is 149 Å². The van der Waals surface area contributed by atoms with E-state index in [1.807, 2.05) is 24.5 Å². The number of aromatic nitrogens is 1. The summed E-state index contributed by atoms with van der Waals surface area (Å²) in [6.07, 6.45) is 5.64. The van der Waals surface area contributed by atoms with Crippen molar-refractivity contribution in [2.45, 2.75) is 39.7 Å². The molecule has 1 fully saturated rings. The van der Waals surface area contributed by atoms with E-state index < -0.39 is 0 Å². The Morgan fingerprint density at radius 2 is 2.25 bits per heavy atom. The van der Waals surface area contributed by atoms with Gasteiger partial charge in [-0.25, -0.2) is 0 Å². The van der Waals surface area contributed by atoms with Crippen LogP contribution in [0.3, 0.4) is 0 Å². The van der Waals surface area contributed by atoms with Crippen molar-refractivity contribution >= 4 is 11.3 Å². The van der Waals surface area contributed by atoms with Crippen LogP contribution in [0.15, 0.2) is 35.8 Å². The summed E-state index contributed by atoms with van der Waals surface area (Å²) in [7, 11) is 0. The molecule has 0 unspecified atom stereocenters. The number of ether oxygens (including phenoxy) is 1. The molecule has 0 bridgehead atoms. The largest absolute Gasteiger partial charge is 0.381 e. The highest BCUT2D eigenvalue weighted by atomic mass is 32.1. The van der Waals surface area contributed by atoms with Crippen LogP contribution in [0.5, 0.6) is 0 Å². The molecule has 3 rings (SSSR count). The normalized spacial score (nSPS) is 21.4. The topological polar surface area (TPSA) is 25.4 Å². The lowest BCUT2D eigenvalue weighted by Gasteiger charge is -2.29. The minimum Gasteiger partial charge on any atom is -0.381 e. The Morgan fingerprint density at radius 3 is 2.96 bits per heavy atom. The number of thiophene rings is 1. The lowest BCUT2D eigenvalue weighted by atomic mass is 9.83. The molecule has 2 aromatic heterocycles. The Bertz CT molecular complexity index is 611. The Kier molecular flexibility index (Phi) is 6.04. The fourth-order valence-corrected chi connectivity index (χ4v) is 4.28. The SMILES string of the molecule is CCOC[C@]1(CCc2cccs2)CCN(Cc2ccc(C)nc2)C1. The molecular weight excluding hydrogens is 316 g/mol. The second-order valence-corrected chi connectivity index (χ2v) is 8.02. The van der Waals surface area contributed by atoms with E-state index >= 15 is 0 Å². The molecule has 0 aromatic carbocycles. The number of pyridine rings is 1. The molecule has 3 heterocycles. The molecule has 3 nitrogen and oxygen atoms in total. The maximum Gasteiger partial charge on any atom is 0.0535 e. The summed E-state index contributed by atoms with van der Waals surface area (Å²) in [6, 6.07) is 8.72. The van der Waals surface area contributed by atoms with Crippen LogP contribution in [0.1, 0.15) is 35.9 Å². The molecule has 0 aliphatic carbocycles. The van der Waals surface area contributed by atoms with Gasteiger partial charge in [-0.05, 0) is 62.7 Å². The molecule has 1 aliphatic heterocycles. The van der Waals surface area contributed by atoms with E-state index in [-0.39, 0.29) is 0 Å². The van der Waals surface area contributed by atoms with E-state index in [0.717, 1.165) is 38.5 Å². The van der Waals surface area contributed by atoms with Gasteiger partial charge in [-0.2, -0.15) is 0 Å². The zero-order valence-corrected chi connectivity index (χ0v) is 15.6. The number of rotatable bonds is 8. The summed E-state index contributed by atoms with van der Waals surface area (Å²) in [5.74, 6) is 0. The monoisotopic (exact) mass is 344 g/mol. The number of hydrogen-bond acceptors (Lipinski definition) is 4. The number of nitrogens with zero attached hydrogens (tertiary/aromatic N) is 2. The number of aryl methyl sites for hydroxylation is 2. The third-order valence-electron chi connectivity index (χ3n) is 4.99. The molecule has 2 aromatic rings. The van der Waals surface area contributed by atoms with Crippen molar-refractivity contribution in [1.82, 2.24) is 9.88 Å². The van der Waals surface area contributed by atoms with Crippen LogP contribution < -0.4 is 0 Å². The molecule has 24 heavy (non-hydrogen) atoms. The van der Waals surface area contributed by atoms with Crippen LogP contribution in [0.25, 0.3) is 0 Å². The Hall–Kier alpha value is -1.23. The van der Waals surface area contributed by atoms with Gasteiger partial charge in [-0.15, -0.1) is 11.3 Å². The average molecular weight is 345 g/mol. The van der Waals surface area contributed by atoms with E-state index in [2.05, 4.69) is 46.5 Å². The third-order valence-corrected chi connectivity index (χ3v) is 5.93. The van der Waals surface area contributed by atoms with E-state index in [0.29, 0.717) is 5.41 Å². The first kappa shape index (κ1) is 17.6. The van der Waals surface area contributed by atoms with Gasteiger partial charge in [0.2, 0.25) is 0 Å². The van der Waals surface area contributed by atoms with Crippen molar-refractivity contribution in [1.29, 1.82) is 0 Å². The summed E-state index contributed by atoms with van der Waals surface area (Å²) >= 11 is 1.87. The Morgan fingerprint density at radius 1 is 1.33 bits per heavy atom. The smallest absolute Gasteiger partial charge is 0.0535 e. The van der Waals surface area contributed by atoms with Crippen molar-refractivity contribution in [3.63, 3.8) is 0 Å². The number of hydrogen-bond donors (Lipinski definition) is 0. The highest BCUT2D eigenvalue weighted by Crippen LogP contribution is 2.36. The molecule has 0 spiro atoms. The summed E-state index contributed by atoms with van der Waals surface area (Å²) in [5, 5.41) is 2.18. The van der Waals surface area contributed by atoms with Crippen molar-refractivity contribution in [2.75, 3.05) is 26.3 Å². The standard InChI is InChI=1S/C20H28N2OS/c1-3-23-16-20(9-8-19-5-4-12-24-19)10-11-22(15-20)14-18-7-6-17(2)21-13-18/h4-7,12-13H,3,8-11,14-16H2,1-2H3/t20-/m1/s1. The molecule has 130 valence electrons. The maximum atomic E-state index is 5.87. The molecular formula is C20H28N2OS. The van der Waals surface area contributed by atoms with Gasteiger partial charge in [-0.1, -0.05) is 12.1 Å². The van der Waals surface area contributed by atoms with Crippen LogP contribution in [0.2, 0.25) is 0 Å². The van der Waals surface area contributed by atoms with Gasteiger partial charge in [-0.3, -0.25) is 9.88 Å². The fraction of sp³-hybridized carbons (Fsp3) is 0.550. The predicted molar refractivity (Wildman–Crippen MR) is 100 cm³/mol. The third kappa shape index (κ3) is 4.65. The second kappa shape index (κ2) is 8.24. The highest BCUT2D eigenvalue weighted by molar-refractivity contribution is 7.09. The van der Waals surface area contributed by atoms with E-state index in [1.54, 1.807) is 0 Å². The lowest BCUT2D eigenvalue weighted by molar-refractivity contribution is 0.0490. The minimum atomic E-state index is 0.304. The Balaban J connectivity index is 1.60. The second-order valence-electron chi connectivity index (χ2n) is 6.98. The summed E-state index contributed by atoms with van der Waals surface area (Å²) < 4.78 is 5.87. The molecule has 0 N–H and O–H groups in total. The van der Waals surface area contributed by atoms with Gasteiger partial charge in [0, 0.05) is 41.9 Å². The zero-order valence-electron chi connectivity index (χ0n) is 14.8. The van der Waals surface area contributed by atoms with Crippen LogP contribution in [0.4, 0.5) is 0 Å². The van der Waals surface area contributed by atoms with Crippen molar-refractivity contribution in [3.8, 4) is 0 Å². The van der Waals surface area contributed by atoms with E-state index in [1.165, 1.54) is 29.7 Å². The van der Waals surface area contributed by atoms with Gasteiger partial charge in [0.05, 0.1) is 6.61 Å². The summed E-state index contributed by atoms with van der Waals surface area (Å²) in [6.45, 7) is 9.12. The molecule has 4 heteroatoms. The van der Waals surface area contributed by atoms with Crippen LogP contribution in [-0.4, -0.2) is 36.2 Å².